The molecule has 0 saturated carbocycles. The number of aryl methyl sites for hydroxylation is 1. The molecule has 0 amide bonds. The number of hydrogen-bond acceptors (Lipinski definition) is 8. The van der Waals surface area contributed by atoms with Gasteiger partial charge in [0, 0.05) is 34.7 Å². The van der Waals surface area contributed by atoms with E-state index in [1.807, 2.05) is 6.20 Å². The van der Waals surface area contributed by atoms with E-state index in [-0.39, 0.29) is 25.5 Å². The molecule has 5 rings (SSSR count). The SMILES string of the molecule is CC(C)c1cnn2c(N[C@H]3CCc4nc(N)sc4C3)nc(-c3cncc(F)c3)nc12.S. The number of nitrogens with two attached hydrogens (primary N) is 1. The van der Waals surface area contributed by atoms with Crippen LogP contribution in [0.25, 0.3) is 17.0 Å². The standard InChI is InChI=1S/C20H21FN8S.H2S/c1-10(2)14-9-24-29-18(14)27-17(11-5-12(21)8-23-7-11)28-20(29)25-13-3-4-15-16(6-13)30-19(22)26-15;/h5,7-10,13H,3-4,6H2,1-2H3,(H2,22,26)(H,25,27,28);1H2/t13-;/m0./s1. The molecule has 3 N–H and O–H groups in total. The lowest BCUT2D eigenvalue weighted by molar-refractivity contribution is 0.602. The highest BCUT2D eigenvalue weighted by atomic mass is 32.1. The van der Waals surface area contributed by atoms with Gasteiger partial charge in [-0.1, -0.05) is 13.8 Å². The molecule has 31 heavy (non-hydrogen) atoms. The Balaban J connectivity index is 0.00000231. The molecule has 0 spiro atoms. The second kappa shape index (κ2) is 8.39. The molecule has 0 radical (unpaired) electrons. The topological polar surface area (TPSA) is 107 Å². The van der Waals surface area contributed by atoms with E-state index in [0.29, 0.717) is 28.1 Å². The second-order valence-electron chi connectivity index (χ2n) is 7.76. The monoisotopic (exact) mass is 458 g/mol. The molecule has 4 aromatic rings. The van der Waals surface area contributed by atoms with Gasteiger partial charge in [0.15, 0.2) is 16.6 Å². The lowest BCUT2D eigenvalue weighted by Gasteiger charge is -2.23. The van der Waals surface area contributed by atoms with Gasteiger partial charge in [-0.2, -0.15) is 28.1 Å². The number of anilines is 2. The minimum absolute atomic E-state index is 0. The summed E-state index contributed by atoms with van der Waals surface area (Å²) < 4.78 is 15.5. The molecule has 0 fully saturated rings. The number of nitrogens with one attached hydrogen (secondary N) is 1. The van der Waals surface area contributed by atoms with Crippen LogP contribution in [0, 0.1) is 5.82 Å². The Labute approximate surface area is 189 Å². The number of thiazole rings is 1. The molecule has 0 bridgehead atoms. The predicted molar refractivity (Wildman–Crippen MR) is 124 cm³/mol. The first-order valence-electron chi connectivity index (χ1n) is 9.85. The normalized spacial score (nSPS) is 15.7. The number of hydrogen-bond donors (Lipinski definition) is 2. The number of fused-ring (bicyclic) bond motifs is 2. The van der Waals surface area contributed by atoms with Crippen molar-refractivity contribution in [1.82, 2.24) is 29.5 Å². The fourth-order valence-corrected chi connectivity index (χ4v) is 4.72. The van der Waals surface area contributed by atoms with Gasteiger partial charge < -0.3 is 11.1 Å². The van der Waals surface area contributed by atoms with E-state index in [2.05, 4.69) is 44.2 Å². The number of nitrogens with zero attached hydrogens (tertiary/aromatic N) is 6. The van der Waals surface area contributed by atoms with Crippen LogP contribution in [0.3, 0.4) is 0 Å². The van der Waals surface area contributed by atoms with Crippen LogP contribution in [0.5, 0.6) is 0 Å². The van der Waals surface area contributed by atoms with E-state index in [1.165, 1.54) is 28.5 Å². The van der Waals surface area contributed by atoms with E-state index < -0.39 is 5.82 Å². The van der Waals surface area contributed by atoms with E-state index in [1.54, 1.807) is 10.7 Å². The third-order valence-corrected chi connectivity index (χ3v) is 6.22. The van der Waals surface area contributed by atoms with Crippen molar-refractivity contribution >= 4 is 41.6 Å². The Morgan fingerprint density at radius 1 is 1.23 bits per heavy atom. The highest BCUT2D eigenvalue weighted by Crippen LogP contribution is 2.30. The molecule has 11 heteroatoms. The number of aromatic nitrogens is 6. The smallest absolute Gasteiger partial charge is 0.228 e. The highest BCUT2D eigenvalue weighted by molar-refractivity contribution is 7.59. The Morgan fingerprint density at radius 2 is 2.06 bits per heavy atom. The first-order valence-corrected chi connectivity index (χ1v) is 10.7. The van der Waals surface area contributed by atoms with Crippen molar-refractivity contribution in [2.75, 3.05) is 11.1 Å². The van der Waals surface area contributed by atoms with Gasteiger partial charge in [0.25, 0.3) is 0 Å². The third-order valence-electron chi connectivity index (χ3n) is 5.27. The van der Waals surface area contributed by atoms with Crippen molar-refractivity contribution in [3.05, 3.63) is 46.6 Å². The Bertz CT molecular complexity index is 1240. The number of pyridine rings is 1. The maximum atomic E-state index is 13.8. The summed E-state index contributed by atoms with van der Waals surface area (Å²) in [6.07, 6.45) is 7.15. The predicted octanol–water partition coefficient (Wildman–Crippen LogP) is 3.57. The fourth-order valence-electron chi connectivity index (χ4n) is 3.76. The summed E-state index contributed by atoms with van der Waals surface area (Å²) >= 11 is 1.54. The van der Waals surface area contributed by atoms with E-state index in [0.717, 1.165) is 30.5 Å². The van der Waals surface area contributed by atoms with Gasteiger partial charge in [0.2, 0.25) is 5.95 Å². The van der Waals surface area contributed by atoms with E-state index >= 15 is 0 Å². The summed E-state index contributed by atoms with van der Waals surface area (Å²) in [6.45, 7) is 4.18. The molecule has 0 saturated heterocycles. The minimum Gasteiger partial charge on any atom is -0.375 e. The minimum atomic E-state index is -0.425. The molecule has 4 aromatic heterocycles. The molecule has 1 aliphatic rings. The highest BCUT2D eigenvalue weighted by Gasteiger charge is 2.24. The first-order chi connectivity index (χ1) is 14.5. The summed E-state index contributed by atoms with van der Waals surface area (Å²) in [5.74, 6) is 0.807. The van der Waals surface area contributed by atoms with E-state index in [4.69, 9.17) is 5.73 Å². The second-order valence-corrected chi connectivity index (χ2v) is 8.87. The molecule has 0 aromatic carbocycles. The zero-order chi connectivity index (χ0) is 20.8. The molecular weight excluding hydrogens is 435 g/mol. The molecule has 4 heterocycles. The number of halogens is 1. The van der Waals surface area contributed by atoms with Crippen molar-refractivity contribution in [2.45, 2.75) is 45.1 Å². The fraction of sp³-hybridized carbons (Fsp3) is 0.350. The molecule has 8 nitrogen and oxygen atoms in total. The lowest BCUT2D eigenvalue weighted by atomic mass is 9.98. The zero-order valence-electron chi connectivity index (χ0n) is 17.1. The van der Waals surface area contributed by atoms with Gasteiger partial charge >= 0.3 is 0 Å². The quantitative estimate of drug-likeness (QED) is 0.481. The van der Waals surface area contributed by atoms with Gasteiger partial charge in [-0.15, -0.1) is 11.3 Å². The van der Waals surface area contributed by atoms with Crippen LogP contribution in [0.4, 0.5) is 15.5 Å². The molecule has 0 unspecified atom stereocenters. The average molecular weight is 459 g/mol. The van der Waals surface area contributed by atoms with Crippen LogP contribution in [0.2, 0.25) is 0 Å². The largest absolute Gasteiger partial charge is 0.375 e. The van der Waals surface area contributed by atoms with Crippen LogP contribution in [-0.2, 0) is 12.8 Å². The van der Waals surface area contributed by atoms with Crippen LogP contribution in [-0.4, -0.2) is 35.6 Å². The van der Waals surface area contributed by atoms with Crippen LogP contribution in [0.1, 0.15) is 42.3 Å². The van der Waals surface area contributed by atoms with Gasteiger partial charge in [0.1, 0.15) is 5.82 Å². The summed E-state index contributed by atoms with van der Waals surface area (Å²) in [6, 6.07) is 1.56. The van der Waals surface area contributed by atoms with Crippen LogP contribution in [0.15, 0.2) is 24.7 Å². The summed E-state index contributed by atoms with van der Waals surface area (Å²) in [5, 5.41) is 8.65. The molecule has 162 valence electrons. The average Bonchev–Trinajstić information content (AvgIpc) is 3.30. The van der Waals surface area contributed by atoms with Gasteiger partial charge in [-0.3, -0.25) is 4.98 Å². The van der Waals surface area contributed by atoms with Crippen molar-refractivity contribution in [3.8, 4) is 11.4 Å². The molecular formula is C20H23FN8S2. The number of nitrogen functional groups attached to an aromatic ring is 1. The van der Waals surface area contributed by atoms with Gasteiger partial charge in [-0.25, -0.2) is 14.4 Å². The number of rotatable bonds is 4. The third kappa shape index (κ3) is 4.07. The summed E-state index contributed by atoms with van der Waals surface area (Å²) in [5.41, 5.74) is 9.21. The van der Waals surface area contributed by atoms with Gasteiger partial charge in [0.05, 0.1) is 18.1 Å². The summed E-state index contributed by atoms with van der Waals surface area (Å²) in [4.78, 5) is 18.9. The molecule has 1 aliphatic carbocycles. The summed E-state index contributed by atoms with van der Waals surface area (Å²) in [7, 11) is 0. The van der Waals surface area contributed by atoms with Gasteiger partial charge in [-0.05, 0) is 24.8 Å². The maximum absolute atomic E-state index is 13.8. The Hall–Kier alpha value is -2.79. The zero-order valence-corrected chi connectivity index (χ0v) is 18.9. The first kappa shape index (κ1) is 21.4. The van der Waals surface area contributed by atoms with Crippen molar-refractivity contribution < 1.29 is 4.39 Å². The van der Waals surface area contributed by atoms with Crippen LogP contribution >= 0.6 is 24.8 Å². The van der Waals surface area contributed by atoms with E-state index in [9.17, 15) is 4.39 Å². The maximum Gasteiger partial charge on any atom is 0.228 e. The lowest BCUT2D eigenvalue weighted by Crippen LogP contribution is -2.28. The Kier molecular flexibility index (Phi) is 5.80. The van der Waals surface area contributed by atoms with Crippen molar-refractivity contribution in [2.24, 2.45) is 0 Å². The Morgan fingerprint density at radius 3 is 2.84 bits per heavy atom. The van der Waals surface area contributed by atoms with Crippen molar-refractivity contribution in [1.29, 1.82) is 0 Å². The van der Waals surface area contributed by atoms with Crippen molar-refractivity contribution in [3.63, 3.8) is 0 Å². The van der Waals surface area contributed by atoms with Crippen LogP contribution < -0.4 is 11.1 Å². The molecule has 1 atom stereocenters. The molecule has 0 aliphatic heterocycles.